The third-order valence-electron chi connectivity index (χ3n) is 6.80. The Morgan fingerprint density at radius 2 is 1.50 bits per heavy atom. The van der Waals surface area contributed by atoms with Crippen molar-refractivity contribution in [1.29, 1.82) is 0 Å². The van der Waals surface area contributed by atoms with Crippen LogP contribution >= 0.6 is 0 Å². The maximum atomic E-state index is 4.08. The van der Waals surface area contributed by atoms with E-state index in [4.69, 9.17) is 0 Å². The normalized spacial score (nSPS) is 41.4. The second-order valence-electron chi connectivity index (χ2n) is 11.7. The molecule has 0 aromatic rings. The fourth-order valence-electron chi connectivity index (χ4n) is 6.21. The number of rotatable bonds is 0. The van der Waals surface area contributed by atoms with Crippen molar-refractivity contribution in [2.45, 2.75) is 92.5 Å². The molecule has 6 atom stereocenters. The molecule has 3 aliphatic heterocycles. The number of fused-ring (bicyclic) bond motifs is 3. The lowest BCUT2D eigenvalue weighted by Crippen LogP contribution is -2.60. The minimum Gasteiger partial charge on any atom is -0.315 e. The van der Waals surface area contributed by atoms with Crippen LogP contribution in [0.4, 0.5) is 0 Å². The molecule has 140 valence electrons. The molecule has 0 aliphatic carbocycles. The molecule has 0 aromatic heterocycles. The Bertz CT molecular complexity index is 465. The molecule has 3 heterocycles. The van der Waals surface area contributed by atoms with Crippen LogP contribution < -0.4 is 10.6 Å². The highest BCUT2D eigenvalue weighted by Gasteiger charge is 2.64. The van der Waals surface area contributed by atoms with Crippen LogP contribution in [0.3, 0.4) is 0 Å². The third kappa shape index (κ3) is 2.95. The maximum absolute atomic E-state index is 4.08. The molecule has 2 N–H and O–H groups in total. The van der Waals surface area contributed by atoms with Gasteiger partial charge in [0.25, 0.3) is 0 Å². The smallest absolute Gasteiger partial charge is 0.0642 e. The Morgan fingerprint density at radius 3 is 2.00 bits per heavy atom. The average molecular weight is 336 g/mol. The molecule has 3 fully saturated rings. The van der Waals surface area contributed by atoms with Crippen molar-refractivity contribution >= 4 is 0 Å². The second kappa shape index (κ2) is 5.69. The van der Waals surface area contributed by atoms with E-state index in [9.17, 15) is 0 Å². The van der Waals surface area contributed by atoms with Crippen molar-refractivity contribution in [3.63, 3.8) is 0 Å². The summed E-state index contributed by atoms with van der Waals surface area (Å²) in [4.78, 5) is 2.87. The highest BCUT2D eigenvalue weighted by atomic mass is 15.4. The zero-order chi connectivity index (χ0) is 18.1. The predicted octanol–water partition coefficient (Wildman–Crippen LogP) is 3.70. The van der Waals surface area contributed by atoms with Gasteiger partial charge in [-0.15, -0.1) is 0 Å². The zero-order valence-electron chi connectivity index (χ0n) is 17.5. The quantitative estimate of drug-likeness (QED) is 0.707. The summed E-state index contributed by atoms with van der Waals surface area (Å²) in [6.45, 7) is 24.4. The second-order valence-corrected chi connectivity index (χ2v) is 11.7. The summed E-state index contributed by atoms with van der Waals surface area (Å²) in [5.41, 5.74) is 0.816. The SMILES string of the molecule is CC(C)(C)C1C2C3CCNCC3NC2N(C(C)(C)C)C1C(C)(C)C. The van der Waals surface area contributed by atoms with Gasteiger partial charge < -0.3 is 5.32 Å². The maximum Gasteiger partial charge on any atom is 0.0642 e. The van der Waals surface area contributed by atoms with Gasteiger partial charge >= 0.3 is 0 Å². The lowest BCUT2D eigenvalue weighted by Gasteiger charge is -2.50. The van der Waals surface area contributed by atoms with Gasteiger partial charge in [-0.05, 0) is 62.3 Å². The number of piperidine rings is 1. The summed E-state index contributed by atoms with van der Waals surface area (Å²) in [5.74, 6) is 2.35. The van der Waals surface area contributed by atoms with Crippen molar-refractivity contribution < 1.29 is 0 Å². The van der Waals surface area contributed by atoms with Crippen LogP contribution in [-0.4, -0.2) is 41.8 Å². The number of hydrogen-bond donors (Lipinski definition) is 2. The first-order valence-corrected chi connectivity index (χ1v) is 10.1. The first-order valence-electron chi connectivity index (χ1n) is 10.1. The Morgan fingerprint density at radius 1 is 0.875 bits per heavy atom. The molecule has 0 aromatic carbocycles. The van der Waals surface area contributed by atoms with Gasteiger partial charge in [-0.1, -0.05) is 41.5 Å². The summed E-state index contributed by atoms with van der Waals surface area (Å²) in [7, 11) is 0. The highest BCUT2D eigenvalue weighted by molar-refractivity contribution is 5.16. The van der Waals surface area contributed by atoms with Crippen LogP contribution in [0.5, 0.6) is 0 Å². The van der Waals surface area contributed by atoms with E-state index in [1.807, 2.05) is 0 Å². The van der Waals surface area contributed by atoms with Crippen LogP contribution in [0.1, 0.15) is 68.7 Å². The van der Waals surface area contributed by atoms with Gasteiger partial charge in [-0.25, -0.2) is 0 Å². The first kappa shape index (κ1) is 18.7. The van der Waals surface area contributed by atoms with Crippen molar-refractivity contribution in [3.05, 3.63) is 0 Å². The Balaban J connectivity index is 2.09. The number of likely N-dealkylation sites (tertiary alicyclic amines) is 1. The van der Waals surface area contributed by atoms with E-state index in [1.54, 1.807) is 0 Å². The topological polar surface area (TPSA) is 27.3 Å². The van der Waals surface area contributed by atoms with Gasteiger partial charge in [0.2, 0.25) is 0 Å². The minimum absolute atomic E-state index is 0.189. The molecular weight excluding hydrogens is 294 g/mol. The molecule has 24 heavy (non-hydrogen) atoms. The molecule has 3 nitrogen and oxygen atoms in total. The van der Waals surface area contributed by atoms with Crippen LogP contribution in [-0.2, 0) is 0 Å². The van der Waals surface area contributed by atoms with Crippen LogP contribution in [0.25, 0.3) is 0 Å². The molecule has 0 radical (unpaired) electrons. The first-order chi connectivity index (χ1) is 10.8. The van der Waals surface area contributed by atoms with Crippen LogP contribution in [0, 0.1) is 28.6 Å². The largest absolute Gasteiger partial charge is 0.315 e. The molecule has 3 heteroatoms. The molecule has 6 unspecified atom stereocenters. The van der Waals surface area contributed by atoms with Gasteiger partial charge in [0.1, 0.15) is 0 Å². The lowest BCUT2D eigenvalue weighted by atomic mass is 9.62. The van der Waals surface area contributed by atoms with E-state index in [-0.39, 0.29) is 5.54 Å². The third-order valence-corrected chi connectivity index (χ3v) is 6.80. The molecular formula is C21H41N3. The molecule has 3 rings (SSSR count). The van der Waals surface area contributed by atoms with Gasteiger partial charge in [-0.3, -0.25) is 10.2 Å². The van der Waals surface area contributed by atoms with Crippen molar-refractivity contribution in [3.8, 4) is 0 Å². The molecule has 0 amide bonds. The fourth-order valence-corrected chi connectivity index (χ4v) is 6.21. The Kier molecular flexibility index (Phi) is 4.42. The van der Waals surface area contributed by atoms with Crippen molar-refractivity contribution in [2.75, 3.05) is 13.1 Å². The van der Waals surface area contributed by atoms with Crippen LogP contribution in [0.15, 0.2) is 0 Å². The highest BCUT2D eigenvalue weighted by Crippen LogP contribution is 2.57. The van der Waals surface area contributed by atoms with E-state index in [1.165, 1.54) is 13.0 Å². The minimum atomic E-state index is 0.189. The van der Waals surface area contributed by atoms with E-state index in [0.29, 0.717) is 29.1 Å². The summed E-state index contributed by atoms with van der Waals surface area (Å²) in [6.07, 6.45) is 1.87. The fraction of sp³-hybridized carbons (Fsp3) is 1.00. The predicted molar refractivity (Wildman–Crippen MR) is 103 cm³/mol. The monoisotopic (exact) mass is 335 g/mol. The van der Waals surface area contributed by atoms with Gasteiger partial charge in [0.05, 0.1) is 6.17 Å². The summed E-state index contributed by atoms with van der Waals surface area (Å²) < 4.78 is 0. The van der Waals surface area contributed by atoms with Gasteiger partial charge in [0, 0.05) is 24.2 Å². The Hall–Kier alpha value is -0.120. The standard InChI is InChI=1S/C21H41N3/c1-19(2,3)16-15-13-10-11-22-12-14(13)23-18(15)24(21(7,8)9)17(16)20(4,5)6/h13-18,22-23H,10-12H2,1-9H3. The Labute approximate surface area is 150 Å². The number of nitrogens with zero attached hydrogens (tertiary/aromatic N) is 1. The molecule has 0 saturated carbocycles. The van der Waals surface area contributed by atoms with Crippen molar-refractivity contribution in [1.82, 2.24) is 15.5 Å². The zero-order valence-corrected chi connectivity index (χ0v) is 17.5. The van der Waals surface area contributed by atoms with E-state index >= 15 is 0 Å². The van der Waals surface area contributed by atoms with Gasteiger partial charge in [0.15, 0.2) is 0 Å². The molecule has 0 bridgehead atoms. The lowest BCUT2D eigenvalue weighted by molar-refractivity contribution is -0.0167. The van der Waals surface area contributed by atoms with E-state index in [0.717, 1.165) is 24.3 Å². The molecule has 3 aliphatic rings. The van der Waals surface area contributed by atoms with Gasteiger partial charge in [-0.2, -0.15) is 0 Å². The molecule has 3 saturated heterocycles. The van der Waals surface area contributed by atoms with Crippen LogP contribution in [0.2, 0.25) is 0 Å². The average Bonchev–Trinajstić information content (AvgIpc) is 2.89. The number of hydrogen-bond acceptors (Lipinski definition) is 3. The van der Waals surface area contributed by atoms with E-state index in [2.05, 4.69) is 77.8 Å². The summed E-state index contributed by atoms with van der Waals surface area (Å²) >= 11 is 0. The van der Waals surface area contributed by atoms with E-state index < -0.39 is 0 Å². The molecule has 0 spiro atoms. The summed E-state index contributed by atoms with van der Waals surface area (Å²) in [6, 6.07) is 1.28. The van der Waals surface area contributed by atoms with Crippen molar-refractivity contribution in [2.24, 2.45) is 28.6 Å². The number of nitrogens with one attached hydrogen (secondary N) is 2. The summed E-state index contributed by atoms with van der Waals surface area (Å²) in [5, 5.41) is 7.69.